The van der Waals surface area contributed by atoms with E-state index in [9.17, 15) is 5.11 Å². The number of rotatable bonds is 7. The van der Waals surface area contributed by atoms with E-state index in [1.165, 1.54) is 5.56 Å². The Hall–Kier alpha value is -1.26. The lowest BCUT2D eigenvalue weighted by Gasteiger charge is -2.19. The van der Waals surface area contributed by atoms with Crippen molar-refractivity contribution < 1.29 is 9.84 Å². The van der Waals surface area contributed by atoms with E-state index < -0.39 is 6.10 Å². The first kappa shape index (κ1) is 21.8. The van der Waals surface area contributed by atoms with E-state index in [1.54, 1.807) is 0 Å². The number of hydrogen-bond acceptors (Lipinski definition) is 3. The average Bonchev–Trinajstić information content (AvgIpc) is 2.51. The maximum atomic E-state index is 10.2. The van der Waals surface area contributed by atoms with Crippen molar-refractivity contribution >= 4 is 24.0 Å². The Morgan fingerprint density at radius 2 is 1.76 bits per heavy atom. The normalized spacial score (nSPS) is 13.0. The zero-order chi connectivity index (χ0) is 17.7. The van der Waals surface area contributed by atoms with Crippen LogP contribution in [0.1, 0.15) is 35.2 Å². The van der Waals surface area contributed by atoms with E-state index in [2.05, 4.69) is 24.4 Å². The van der Waals surface area contributed by atoms with Gasteiger partial charge in [0.1, 0.15) is 18.5 Å². The third-order valence-electron chi connectivity index (χ3n) is 4.03. The van der Waals surface area contributed by atoms with Crippen LogP contribution in [0.2, 0.25) is 5.02 Å². The number of ether oxygens (including phenoxy) is 1. The summed E-state index contributed by atoms with van der Waals surface area (Å²) in [5.74, 6) is 0.863. The highest BCUT2D eigenvalue weighted by atomic mass is 35.5. The van der Waals surface area contributed by atoms with Gasteiger partial charge in [-0.2, -0.15) is 0 Å². The Bertz CT molecular complexity index is 668. The molecule has 2 unspecified atom stereocenters. The topological polar surface area (TPSA) is 41.5 Å². The van der Waals surface area contributed by atoms with Crippen molar-refractivity contribution in [2.24, 2.45) is 0 Å². The molecule has 2 rings (SSSR count). The summed E-state index contributed by atoms with van der Waals surface area (Å²) in [6.07, 6.45) is -0.577. The second-order valence-corrected chi connectivity index (χ2v) is 6.81. The first-order valence-electron chi connectivity index (χ1n) is 8.24. The lowest BCUT2D eigenvalue weighted by Crippen LogP contribution is -2.33. The van der Waals surface area contributed by atoms with Crippen molar-refractivity contribution in [3.05, 3.63) is 63.7 Å². The molecule has 5 heteroatoms. The molecule has 0 fully saturated rings. The fourth-order valence-corrected chi connectivity index (χ4v) is 3.04. The first-order valence-corrected chi connectivity index (χ1v) is 8.62. The van der Waals surface area contributed by atoms with Gasteiger partial charge in [-0.15, -0.1) is 12.4 Å². The molecule has 0 saturated heterocycles. The smallest absolute Gasteiger partial charge is 0.125 e. The second-order valence-electron chi connectivity index (χ2n) is 6.38. The van der Waals surface area contributed by atoms with Crippen LogP contribution in [0.5, 0.6) is 5.75 Å². The molecule has 2 aromatic carbocycles. The average molecular weight is 384 g/mol. The Kier molecular flexibility index (Phi) is 8.74. The lowest BCUT2D eigenvalue weighted by molar-refractivity contribution is 0.103. The van der Waals surface area contributed by atoms with Crippen LogP contribution in [0.4, 0.5) is 0 Å². The van der Waals surface area contributed by atoms with Crippen molar-refractivity contribution in [1.82, 2.24) is 5.32 Å². The van der Waals surface area contributed by atoms with Gasteiger partial charge in [-0.25, -0.2) is 0 Å². The number of nitrogens with one attached hydrogen (secondary N) is 1. The van der Waals surface area contributed by atoms with Crippen LogP contribution in [0, 0.1) is 20.8 Å². The minimum Gasteiger partial charge on any atom is -0.490 e. The molecule has 2 N–H and O–H groups in total. The van der Waals surface area contributed by atoms with E-state index in [0.29, 0.717) is 6.54 Å². The summed E-state index contributed by atoms with van der Waals surface area (Å²) >= 11 is 6.01. The Morgan fingerprint density at radius 1 is 1.12 bits per heavy atom. The summed E-state index contributed by atoms with van der Waals surface area (Å²) in [6.45, 7) is 8.90. The van der Waals surface area contributed by atoms with Crippen LogP contribution in [0.3, 0.4) is 0 Å². The molecule has 0 aliphatic carbocycles. The molecule has 0 aliphatic heterocycles. The van der Waals surface area contributed by atoms with Crippen LogP contribution in [-0.2, 0) is 0 Å². The monoisotopic (exact) mass is 383 g/mol. The minimum atomic E-state index is -0.577. The summed E-state index contributed by atoms with van der Waals surface area (Å²) < 4.78 is 5.83. The lowest BCUT2D eigenvalue weighted by atomic mass is 10.1. The maximum absolute atomic E-state index is 10.2. The third-order valence-corrected chi connectivity index (χ3v) is 4.27. The molecule has 0 spiro atoms. The van der Waals surface area contributed by atoms with Crippen LogP contribution < -0.4 is 10.1 Å². The van der Waals surface area contributed by atoms with E-state index in [1.807, 2.05) is 45.0 Å². The van der Waals surface area contributed by atoms with Crippen molar-refractivity contribution in [3.8, 4) is 5.75 Å². The van der Waals surface area contributed by atoms with Crippen molar-refractivity contribution in [2.45, 2.75) is 39.8 Å². The highest BCUT2D eigenvalue weighted by Crippen LogP contribution is 2.24. The largest absolute Gasteiger partial charge is 0.490 e. The molecule has 0 bridgehead atoms. The predicted molar refractivity (Wildman–Crippen MR) is 107 cm³/mol. The number of halogens is 2. The summed E-state index contributed by atoms with van der Waals surface area (Å²) in [7, 11) is 0. The molecule has 0 radical (unpaired) electrons. The summed E-state index contributed by atoms with van der Waals surface area (Å²) in [5, 5.41) is 14.2. The molecule has 3 nitrogen and oxygen atoms in total. The molecule has 0 saturated carbocycles. The molecule has 25 heavy (non-hydrogen) atoms. The molecule has 2 atom stereocenters. The molecular formula is C20H27Cl2NO2. The zero-order valence-corrected chi connectivity index (χ0v) is 16.7. The van der Waals surface area contributed by atoms with Crippen LogP contribution in [-0.4, -0.2) is 24.4 Å². The fourth-order valence-electron chi connectivity index (χ4n) is 2.84. The number of aryl methyl sites for hydroxylation is 3. The molecule has 0 amide bonds. The highest BCUT2D eigenvalue weighted by Gasteiger charge is 2.12. The van der Waals surface area contributed by atoms with Crippen molar-refractivity contribution in [3.63, 3.8) is 0 Å². The number of aliphatic hydroxyl groups is 1. The van der Waals surface area contributed by atoms with E-state index >= 15 is 0 Å². The van der Waals surface area contributed by atoms with Crippen molar-refractivity contribution in [2.75, 3.05) is 13.2 Å². The van der Waals surface area contributed by atoms with Gasteiger partial charge < -0.3 is 15.2 Å². The van der Waals surface area contributed by atoms with Gasteiger partial charge in [0, 0.05) is 17.6 Å². The quantitative estimate of drug-likeness (QED) is 0.722. The van der Waals surface area contributed by atoms with Gasteiger partial charge in [-0.3, -0.25) is 0 Å². The number of benzene rings is 2. The van der Waals surface area contributed by atoms with Crippen LogP contribution >= 0.6 is 24.0 Å². The van der Waals surface area contributed by atoms with Gasteiger partial charge in [0.25, 0.3) is 0 Å². The van der Waals surface area contributed by atoms with Gasteiger partial charge in [0.05, 0.1) is 0 Å². The zero-order valence-electron chi connectivity index (χ0n) is 15.2. The minimum absolute atomic E-state index is 0. The van der Waals surface area contributed by atoms with Gasteiger partial charge in [0.15, 0.2) is 0 Å². The van der Waals surface area contributed by atoms with E-state index in [-0.39, 0.29) is 25.1 Å². The van der Waals surface area contributed by atoms with Crippen LogP contribution in [0.15, 0.2) is 36.4 Å². The van der Waals surface area contributed by atoms with Crippen LogP contribution in [0.25, 0.3) is 0 Å². The summed E-state index contributed by atoms with van der Waals surface area (Å²) in [5.41, 5.74) is 4.51. The molecule has 2 aromatic rings. The first-order chi connectivity index (χ1) is 11.4. The Labute approximate surface area is 161 Å². The molecule has 0 heterocycles. The number of aliphatic hydroxyl groups excluding tert-OH is 1. The molecular weight excluding hydrogens is 357 g/mol. The number of hydrogen-bond donors (Lipinski definition) is 2. The predicted octanol–water partition coefficient (Wildman–Crippen LogP) is 4.78. The Morgan fingerprint density at radius 3 is 2.36 bits per heavy atom. The Balaban J connectivity index is 0.00000312. The van der Waals surface area contributed by atoms with E-state index in [0.717, 1.165) is 27.5 Å². The molecule has 0 aliphatic rings. The molecule has 138 valence electrons. The third kappa shape index (κ3) is 6.52. The van der Waals surface area contributed by atoms with Crippen molar-refractivity contribution in [1.29, 1.82) is 0 Å². The van der Waals surface area contributed by atoms with E-state index in [4.69, 9.17) is 16.3 Å². The molecule has 0 aromatic heterocycles. The SMILES string of the molecule is Cc1cc(C)c(OCC(O)CNC(C)c2cccc(Cl)c2)c(C)c1.Cl. The fraction of sp³-hybridized carbons (Fsp3) is 0.400. The van der Waals surface area contributed by atoms with Gasteiger partial charge in [0.2, 0.25) is 0 Å². The summed E-state index contributed by atoms with van der Waals surface area (Å²) in [6, 6.07) is 12.0. The maximum Gasteiger partial charge on any atom is 0.125 e. The van der Waals surface area contributed by atoms with Gasteiger partial charge in [-0.1, -0.05) is 41.4 Å². The summed E-state index contributed by atoms with van der Waals surface area (Å²) in [4.78, 5) is 0. The van der Waals surface area contributed by atoms with Gasteiger partial charge in [-0.05, 0) is 56.5 Å². The highest BCUT2D eigenvalue weighted by molar-refractivity contribution is 6.30. The van der Waals surface area contributed by atoms with Gasteiger partial charge >= 0.3 is 0 Å². The standard InChI is InChI=1S/C20H26ClNO2.ClH/c1-13-8-14(2)20(15(3)9-13)24-12-19(23)11-22-16(4)17-6-5-7-18(21)10-17;/h5-10,16,19,22-23H,11-12H2,1-4H3;1H. The second kappa shape index (κ2) is 10.0.